The van der Waals surface area contributed by atoms with Gasteiger partial charge in [0.1, 0.15) is 0 Å². The number of sulfone groups is 1. The molecule has 4 N–H and O–H groups in total. The molecule has 2 atom stereocenters. The first-order valence-electron chi connectivity index (χ1n) is 12.4. The maximum atomic E-state index is 13.3. The molecule has 0 saturated heterocycles. The highest BCUT2D eigenvalue weighted by Crippen LogP contribution is 2.37. The lowest BCUT2D eigenvalue weighted by Gasteiger charge is -2.24. The standard InChI is InChI=1S/C27H21F6N5O4S/c28-26(29,30)18-8-5-16(6-9-18)15-3-1-14(2-4-15)12-38-20-11-17(23-36-37-24(42-23)22(35)27(31,32)33)7-10-21(20)43(40,41)13-19(34)25(38)39/h1-11,19,22H,12-13,34-35H2/t19-,22?/m0/s1. The molecule has 5 rings (SSSR count). The van der Waals surface area contributed by atoms with Crippen molar-refractivity contribution in [3.8, 4) is 22.6 Å². The van der Waals surface area contributed by atoms with Crippen molar-refractivity contribution in [2.24, 2.45) is 11.5 Å². The van der Waals surface area contributed by atoms with Crippen LogP contribution in [0.15, 0.2) is 76.0 Å². The molecule has 0 aliphatic carbocycles. The summed E-state index contributed by atoms with van der Waals surface area (Å²) < 4.78 is 109. The Hall–Kier alpha value is -4.28. The number of amides is 1. The van der Waals surface area contributed by atoms with Gasteiger partial charge in [-0.05, 0) is 47.0 Å². The van der Waals surface area contributed by atoms with Gasteiger partial charge < -0.3 is 20.8 Å². The summed E-state index contributed by atoms with van der Waals surface area (Å²) in [5.41, 5.74) is 11.8. The summed E-state index contributed by atoms with van der Waals surface area (Å²) in [5.74, 6) is -2.73. The van der Waals surface area contributed by atoms with Gasteiger partial charge in [-0.2, -0.15) is 26.3 Å². The summed E-state index contributed by atoms with van der Waals surface area (Å²) in [6.07, 6.45) is -9.33. The largest absolute Gasteiger partial charge is 0.419 e. The number of hydrogen-bond acceptors (Lipinski definition) is 8. The minimum Gasteiger partial charge on any atom is -0.419 e. The summed E-state index contributed by atoms with van der Waals surface area (Å²) in [6.45, 7) is -0.167. The molecule has 1 unspecified atom stereocenters. The quantitative estimate of drug-likeness (QED) is 0.306. The van der Waals surface area contributed by atoms with E-state index in [1.54, 1.807) is 24.3 Å². The van der Waals surface area contributed by atoms with Crippen LogP contribution in [0.25, 0.3) is 22.6 Å². The summed E-state index contributed by atoms with van der Waals surface area (Å²) in [4.78, 5) is 14.2. The van der Waals surface area contributed by atoms with Gasteiger partial charge in [0, 0.05) is 5.56 Å². The zero-order valence-corrected chi connectivity index (χ0v) is 22.5. The van der Waals surface area contributed by atoms with Gasteiger partial charge in [0.05, 0.1) is 34.5 Å². The average molecular weight is 626 g/mol. The number of benzene rings is 3. The first kappa shape index (κ1) is 30.2. The topological polar surface area (TPSA) is 145 Å². The van der Waals surface area contributed by atoms with Gasteiger partial charge in [0.2, 0.25) is 17.7 Å². The monoisotopic (exact) mass is 625 g/mol. The van der Waals surface area contributed by atoms with E-state index >= 15 is 0 Å². The second-order valence-electron chi connectivity index (χ2n) is 9.73. The Morgan fingerprint density at radius 1 is 0.907 bits per heavy atom. The first-order chi connectivity index (χ1) is 20.0. The van der Waals surface area contributed by atoms with Crippen LogP contribution in [0.2, 0.25) is 0 Å². The van der Waals surface area contributed by atoms with E-state index in [-0.39, 0.29) is 22.7 Å². The van der Waals surface area contributed by atoms with Gasteiger partial charge in [0.25, 0.3) is 0 Å². The molecule has 226 valence electrons. The van der Waals surface area contributed by atoms with Gasteiger partial charge in [-0.1, -0.05) is 36.4 Å². The molecule has 43 heavy (non-hydrogen) atoms. The SMILES string of the molecule is NC(c1nnc(-c2ccc3c(c2)N(Cc2ccc(-c4ccc(C(F)(F)F)cc4)cc2)C(=O)[C@@H](N)CS3(=O)=O)o1)C(F)(F)F. The van der Waals surface area contributed by atoms with E-state index in [0.29, 0.717) is 16.7 Å². The number of halogens is 6. The molecule has 0 bridgehead atoms. The number of fused-ring (bicyclic) bond motifs is 1. The molecule has 1 aromatic heterocycles. The average Bonchev–Trinajstić information content (AvgIpc) is 3.42. The second-order valence-corrected chi connectivity index (χ2v) is 11.7. The lowest BCUT2D eigenvalue weighted by atomic mass is 10.0. The Balaban J connectivity index is 1.49. The third-order valence-electron chi connectivity index (χ3n) is 6.71. The fourth-order valence-electron chi connectivity index (χ4n) is 4.46. The maximum absolute atomic E-state index is 13.3. The maximum Gasteiger partial charge on any atom is 0.416 e. The Bertz CT molecular complexity index is 1770. The van der Waals surface area contributed by atoms with Crippen LogP contribution in [0.4, 0.5) is 32.0 Å². The molecule has 0 fully saturated rings. The Morgan fingerprint density at radius 3 is 2.07 bits per heavy atom. The first-order valence-corrected chi connectivity index (χ1v) is 14.1. The van der Waals surface area contributed by atoms with E-state index in [1.165, 1.54) is 30.3 Å². The van der Waals surface area contributed by atoms with Crippen LogP contribution in [-0.2, 0) is 27.4 Å². The summed E-state index contributed by atoms with van der Waals surface area (Å²) in [5, 5.41) is 6.94. The minimum absolute atomic E-state index is 0.0213. The number of nitrogens with zero attached hydrogens (tertiary/aromatic N) is 3. The molecular weight excluding hydrogens is 604 g/mol. The van der Waals surface area contributed by atoms with Crippen LogP contribution in [0.5, 0.6) is 0 Å². The Morgan fingerprint density at radius 2 is 1.49 bits per heavy atom. The molecule has 0 radical (unpaired) electrons. The molecule has 0 saturated carbocycles. The van der Waals surface area contributed by atoms with Crippen molar-refractivity contribution in [1.82, 2.24) is 10.2 Å². The molecule has 1 amide bonds. The molecule has 0 spiro atoms. The van der Waals surface area contributed by atoms with Crippen molar-refractivity contribution < 1.29 is 44.0 Å². The smallest absolute Gasteiger partial charge is 0.416 e. The van der Waals surface area contributed by atoms with E-state index in [1.807, 2.05) is 0 Å². The number of carbonyl (C=O) groups excluding carboxylic acids is 1. The predicted molar refractivity (Wildman–Crippen MR) is 141 cm³/mol. The van der Waals surface area contributed by atoms with Crippen molar-refractivity contribution >= 4 is 21.4 Å². The molecule has 1 aliphatic heterocycles. The lowest BCUT2D eigenvalue weighted by molar-refractivity contribution is -0.153. The number of rotatable bonds is 5. The van der Waals surface area contributed by atoms with E-state index in [9.17, 15) is 39.6 Å². The number of nitrogens with two attached hydrogens (primary N) is 2. The van der Waals surface area contributed by atoms with Crippen molar-refractivity contribution in [1.29, 1.82) is 0 Å². The van der Waals surface area contributed by atoms with Crippen LogP contribution >= 0.6 is 0 Å². The summed E-state index contributed by atoms with van der Waals surface area (Å²) in [6, 6.07) is 10.7. The van der Waals surface area contributed by atoms with Crippen LogP contribution in [0.3, 0.4) is 0 Å². The van der Waals surface area contributed by atoms with Crippen LogP contribution in [-0.4, -0.2) is 42.5 Å². The van der Waals surface area contributed by atoms with Gasteiger partial charge in [0.15, 0.2) is 15.9 Å². The minimum atomic E-state index is -4.85. The highest BCUT2D eigenvalue weighted by molar-refractivity contribution is 7.91. The Labute approximate surface area is 240 Å². The fraction of sp³-hybridized carbons (Fsp3) is 0.222. The van der Waals surface area contributed by atoms with Crippen LogP contribution < -0.4 is 16.4 Å². The van der Waals surface area contributed by atoms with Gasteiger partial charge in [-0.25, -0.2) is 8.42 Å². The summed E-state index contributed by atoms with van der Waals surface area (Å²) >= 11 is 0. The van der Waals surface area contributed by atoms with Crippen molar-refractivity contribution in [2.45, 2.75) is 35.9 Å². The number of hydrogen-bond donors (Lipinski definition) is 2. The molecule has 2 heterocycles. The zero-order valence-electron chi connectivity index (χ0n) is 21.7. The van der Waals surface area contributed by atoms with Gasteiger partial charge in [-0.15, -0.1) is 10.2 Å². The molecule has 9 nitrogen and oxygen atoms in total. The van der Waals surface area contributed by atoms with Crippen molar-refractivity contribution in [2.75, 3.05) is 10.7 Å². The normalized spacial score (nSPS) is 17.8. The fourth-order valence-corrected chi connectivity index (χ4v) is 6.02. The van der Waals surface area contributed by atoms with Crippen molar-refractivity contribution in [3.63, 3.8) is 0 Å². The van der Waals surface area contributed by atoms with Crippen LogP contribution in [0, 0.1) is 0 Å². The molecule has 4 aromatic rings. The van der Waals surface area contributed by atoms with Gasteiger partial charge >= 0.3 is 12.4 Å². The highest BCUT2D eigenvalue weighted by Gasteiger charge is 2.42. The second kappa shape index (κ2) is 10.8. The number of anilines is 1. The van der Waals surface area contributed by atoms with Crippen LogP contribution in [0.1, 0.15) is 23.1 Å². The third kappa shape index (κ3) is 6.11. The number of carbonyl (C=O) groups is 1. The lowest BCUT2D eigenvalue weighted by Crippen LogP contribution is -2.45. The highest BCUT2D eigenvalue weighted by atomic mass is 32.2. The zero-order chi connectivity index (χ0) is 31.3. The molecule has 16 heteroatoms. The Kier molecular flexibility index (Phi) is 7.56. The molecule has 3 aromatic carbocycles. The van der Waals surface area contributed by atoms with E-state index < -0.39 is 63.3 Å². The third-order valence-corrected chi connectivity index (χ3v) is 8.53. The van der Waals surface area contributed by atoms with E-state index in [2.05, 4.69) is 10.2 Å². The molecular formula is C27H21F6N5O4S. The number of alkyl halides is 6. The van der Waals surface area contributed by atoms with E-state index in [0.717, 1.165) is 17.0 Å². The predicted octanol–water partition coefficient (Wildman–Crippen LogP) is 4.63. The van der Waals surface area contributed by atoms with E-state index in [4.69, 9.17) is 15.9 Å². The number of aromatic nitrogens is 2. The summed E-state index contributed by atoms with van der Waals surface area (Å²) in [7, 11) is -4.07. The van der Waals surface area contributed by atoms with Gasteiger partial charge in [-0.3, -0.25) is 4.79 Å². The van der Waals surface area contributed by atoms with Crippen molar-refractivity contribution in [3.05, 3.63) is 83.7 Å². The molecule has 1 aliphatic rings.